The van der Waals surface area contributed by atoms with Gasteiger partial charge in [-0.15, -0.1) is 0 Å². The molecule has 3 N–H and O–H groups in total. The molecule has 2 rings (SSSR count). The lowest BCUT2D eigenvalue weighted by Gasteiger charge is -2.21. The number of carbonyl (C=O) groups is 2. The highest BCUT2D eigenvalue weighted by Gasteiger charge is 2.24. The van der Waals surface area contributed by atoms with Crippen molar-refractivity contribution in [3.05, 3.63) is 59.2 Å². The second-order valence-electron chi connectivity index (χ2n) is 9.17. The summed E-state index contributed by atoms with van der Waals surface area (Å²) in [4.78, 5) is 24.4. The van der Waals surface area contributed by atoms with Crippen LogP contribution in [0.15, 0.2) is 42.5 Å². The summed E-state index contributed by atoms with van der Waals surface area (Å²) in [6, 6.07) is 12.8. The normalized spacial score (nSPS) is 11.2. The summed E-state index contributed by atoms with van der Waals surface area (Å²) in [5.41, 5.74) is 7.63. The number of carbonyl (C=O) groups excluding carboxylic acids is 2. The molecule has 6 heteroatoms. The van der Waals surface area contributed by atoms with E-state index in [0.717, 1.165) is 5.56 Å². The van der Waals surface area contributed by atoms with Crippen LogP contribution in [0.1, 0.15) is 58.2 Å². The zero-order valence-electron chi connectivity index (χ0n) is 19.0. The number of ether oxygens (including phenoxy) is 2. The maximum absolute atomic E-state index is 12.2. The van der Waals surface area contributed by atoms with Crippen molar-refractivity contribution in [3.8, 4) is 11.8 Å². The van der Waals surface area contributed by atoms with Crippen LogP contribution in [0.3, 0.4) is 0 Å². The Labute approximate surface area is 184 Å². The van der Waals surface area contributed by atoms with Gasteiger partial charge in [0.25, 0.3) is 0 Å². The molecule has 0 bridgehead atoms. The smallest absolute Gasteiger partial charge is 0.412 e. The molecule has 0 aromatic heterocycles. The SMILES string of the molecule is CC(C)(C)OC(=O)Nc1cc(COC(=O)C(C)(C)C)c(C#Cc2ccccc2)cc1N. The first kappa shape index (κ1) is 23.8. The molecular formula is C25H30N2O4. The monoisotopic (exact) mass is 422 g/mol. The molecule has 0 atom stereocenters. The van der Waals surface area contributed by atoms with E-state index in [4.69, 9.17) is 15.2 Å². The van der Waals surface area contributed by atoms with Crippen LogP contribution in [0.4, 0.5) is 16.2 Å². The first-order valence-corrected chi connectivity index (χ1v) is 10.0. The predicted molar refractivity (Wildman–Crippen MR) is 122 cm³/mol. The van der Waals surface area contributed by atoms with Crippen LogP contribution in [-0.4, -0.2) is 17.7 Å². The van der Waals surface area contributed by atoms with E-state index in [0.29, 0.717) is 22.5 Å². The lowest BCUT2D eigenvalue weighted by Crippen LogP contribution is -2.27. The van der Waals surface area contributed by atoms with Gasteiger partial charge in [-0.05, 0) is 65.8 Å². The molecule has 0 unspecified atom stereocenters. The number of amides is 1. The minimum atomic E-state index is -0.648. The highest BCUT2D eigenvalue weighted by atomic mass is 16.6. The molecule has 0 aliphatic rings. The Balaban J connectivity index is 2.37. The van der Waals surface area contributed by atoms with Gasteiger partial charge in [-0.1, -0.05) is 30.0 Å². The van der Waals surface area contributed by atoms with Crippen molar-refractivity contribution in [1.29, 1.82) is 0 Å². The van der Waals surface area contributed by atoms with Gasteiger partial charge in [0.05, 0.1) is 16.8 Å². The molecule has 0 aliphatic carbocycles. The number of anilines is 2. The Morgan fingerprint density at radius 3 is 2.23 bits per heavy atom. The van der Waals surface area contributed by atoms with Crippen molar-refractivity contribution in [2.24, 2.45) is 5.41 Å². The zero-order valence-corrected chi connectivity index (χ0v) is 19.0. The summed E-state index contributed by atoms with van der Waals surface area (Å²) in [7, 11) is 0. The molecule has 0 aliphatic heterocycles. The summed E-state index contributed by atoms with van der Waals surface area (Å²) in [5, 5.41) is 2.65. The average molecular weight is 423 g/mol. The minimum absolute atomic E-state index is 0.00180. The molecule has 2 aromatic carbocycles. The van der Waals surface area contributed by atoms with E-state index in [1.807, 2.05) is 30.3 Å². The predicted octanol–water partition coefficient (Wildman–Crippen LogP) is 5.10. The lowest BCUT2D eigenvalue weighted by atomic mass is 9.97. The van der Waals surface area contributed by atoms with E-state index < -0.39 is 17.1 Å². The third-order valence-electron chi connectivity index (χ3n) is 4.00. The van der Waals surface area contributed by atoms with Crippen LogP contribution in [0.2, 0.25) is 0 Å². The van der Waals surface area contributed by atoms with Crippen LogP contribution in [0, 0.1) is 17.3 Å². The maximum atomic E-state index is 12.2. The summed E-state index contributed by atoms with van der Waals surface area (Å²) in [5.74, 6) is 5.83. The quantitative estimate of drug-likeness (QED) is 0.408. The third kappa shape index (κ3) is 7.71. The molecule has 0 saturated carbocycles. The molecule has 0 heterocycles. The Hall–Kier alpha value is -3.46. The minimum Gasteiger partial charge on any atom is -0.460 e. The molecular weight excluding hydrogens is 392 g/mol. The highest BCUT2D eigenvalue weighted by molar-refractivity contribution is 5.90. The zero-order chi connectivity index (χ0) is 23.2. The number of hydrogen-bond acceptors (Lipinski definition) is 5. The Kier molecular flexibility index (Phi) is 7.35. The maximum Gasteiger partial charge on any atom is 0.412 e. The Bertz CT molecular complexity index is 1000. The summed E-state index contributed by atoms with van der Waals surface area (Å²) in [6.45, 7) is 10.7. The number of nitrogens with one attached hydrogen (secondary N) is 1. The third-order valence-corrected chi connectivity index (χ3v) is 4.00. The van der Waals surface area contributed by atoms with E-state index in [-0.39, 0.29) is 12.6 Å². The Morgan fingerprint density at radius 2 is 1.65 bits per heavy atom. The Morgan fingerprint density at radius 1 is 1.00 bits per heavy atom. The van der Waals surface area contributed by atoms with Crippen LogP contribution >= 0.6 is 0 Å². The highest BCUT2D eigenvalue weighted by Crippen LogP contribution is 2.26. The van der Waals surface area contributed by atoms with E-state index in [1.54, 1.807) is 53.7 Å². The molecule has 0 fully saturated rings. The van der Waals surface area contributed by atoms with Crippen molar-refractivity contribution in [1.82, 2.24) is 0 Å². The van der Waals surface area contributed by atoms with Gasteiger partial charge in [-0.25, -0.2) is 4.79 Å². The van der Waals surface area contributed by atoms with Gasteiger partial charge in [-0.3, -0.25) is 10.1 Å². The summed E-state index contributed by atoms with van der Waals surface area (Å²) < 4.78 is 10.8. The molecule has 0 radical (unpaired) electrons. The molecule has 6 nitrogen and oxygen atoms in total. The second kappa shape index (κ2) is 9.57. The van der Waals surface area contributed by atoms with E-state index in [1.165, 1.54) is 0 Å². The molecule has 2 aromatic rings. The number of rotatable bonds is 3. The van der Waals surface area contributed by atoms with E-state index in [9.17, 15) is 9.59 Å². The van der Waals surface area contributed by atoms with Crippen LogP contribution in [0.5, 0.6) is 0 Å². The number of hydrogen-bond donors (Lipinski definition) is 2. The van der Waals surface area contributed by atoms with Crippen LogP contribution < -0.4 is 11.1 Å². The largest absolute Gasteiger partial charge is 0.460 e. The number of nitrogen functional groups attached to an aromatic ring is 1. The van der Waals surface area contributed by atoms with Crippen molar-refractivity contribution >= 4 is 23.4 Å². The standard InChI is InChI=1S/C25H30N2O4/c1-24(2,3)22(28)30-16-19-15-21(27-23(29)31-25(4,5)6)20(26)14-18(19)13-12-17-10-8-7-9-11-17/h7-11,14-15H,16,26H2,1-6H3,(H,27,29). The van der Waals surface area contributed by atoms with Gasteiger partial charge in [-0.2, -0.15) is 0 Å². The van der Waals surface area contributed by atoms with Gasteiger partial charge < -0.3 is 15.2 Å². The van der Waals surface area contributed by atoms with Gasteiger partial charge >= 0.3 is 12.1 Å². The topological polar surface area (TPSA) is 90.6 Å². The fourth-order valence-corrected chi connectivity index (χ4v) is 2.44. The summed E-state index contributed by atoms with van der Waals surface area (Å²) in [6.07, 6.45) is -0.625. The van der Waals surface area contributed by atoms with Crippen molar-refractivity contribution in [2.75, 3.05) is 11.1 Å². The van der Waals surface area contributed by atoms with Crippen molar-refractivity contribution in [2.45, 2.75) is 53.8 Å². The van der Waals surface area contributed by atoms with Crippen LogP contribution in [0.25, 0.3) is 0 Å². The number of esters is 1. The first-order valence-electron chi connectivity index (χ1n) is 10.0. The lowest BCUT2D eigenvalue weighted by molar-refractivity contribution is -0.154. The van der Waals surface area contributed by atoms with Gasteiger partial charge in [0, 0.05) is 16.7 Å². The number of benzene rings is 2. The number of nitrogens with two attached hydrogens (primary N) is 1. The van der Waals surface area contributed by atoms with Gasteiger partial charge in [0.2, 0.25) is 0 Å². The molecule has 0 saturated heterocycles. The fraction of sp³-hybridized carbons (Fsp3) is 0.360. The molecule has 0 spiro atoms. The second-order valence-corrected chi connectivity index (χ2v) is 9.17. The summed E-state index contributed by atoms with van der Waals surface area (Å²) >= 11 is 0. The van der Waals surface area contributed by atoms with Crippen molar-refractivity contribution in [3.63, 3.8) is 0 Å². The van der Waals surface area contributed by atoms with E-state index in [2.05, 4.69) is 17.2 Å². The molecule has 31 heavy (non-hydrogen) atoms. The molecule has 1 amide bonds. The first-order chi connectivity index (χ1) is 14.3. The van der Waals surface area contributed by atoms with Gasteiger partial charge in [0.1, 0.15) is 12.2 Å². The van der Waals surface area contributed by atoms with Gasteiger partial charge in [0.15, 0.2) is 0 Å². The molecule has 164 valence electrons. The average Bonchev–Trinajstić information content (AvgIpc) is 2.65. The van der Waals surface area contributed by atoms with E-state index >= 15 is 0 Å². The van der Waals surface area contributed by atoms with Crippen molar-refractivity contribution < 1.29 is 19.1 Å². The van der Waals surface area contributed by atoms with Crippen LogP contribution in [-0.2, 0) is 20.9 Å². The fourth-order valence-electron chi connectivity index (χ4n) is 2.44.